The standard InChI is InChI=1S/C8H4ClN3O/c9-4-2-1-3-5-6(4)7(12-10)8(13)11-5/h1-3,10H. The van der Waals surface area contributed by atoms with Gasteiger partial charge in [0.15, 0.2) is 4.98 Å². The van der Waals surface area contributed by atoms with Gasteiger partial charge in [0.2, 0.25) is 5.39 Å². The number of hydrogen-bond donors (Lipinski definition) is 1. The van der Waals surface area contributed by atoms with Crippen LogP contribution in [-0.4, -0.2) is 4.98 Å². The smallest absolute Gasteiger partial charge is 0.404 e. The maximum atomic E-state index is 11.2. The highest BCUT2D eigenvalue weighted by Gasteiger charge is 2.18. The third kappa shape index (κ3) is 1.02. The first-order valence-corrected chi connectivity index (χ1v) is 3.94. The van der Waals surface area contributed by atoms with Crippen molar-refractivity contribution >= 4 is 28.2 Å². The Kier molecular flexibility index (Phi) is 1.61. The van der Waals surface area contributed by atoms with Gasteiger partial charge in [-0.25, -0.2) is 0 Å². The number of nitrogens with zero attached hydrogens (tertiary/aromatic N) is 2. The van der Waals surface area contributed by atoms with Gasteiger partial charge in [0, 0.05) is 0 Å². The van der Waals surface area contributed by atoms with Gasteiger partial charge in [-0.2, -0.15) is 0 Å². The molecule has 0 aliphatic heterocycles. The van der Waals surface area contributed by atoms with Crippen molar-refractivity contribution in [2.45, 2.75) is 0 Å². The lowest BCUT2D eigenvalue weighted by molar-refractivity contribution is -0.272. The third-order valence-electron chi connectivity index (χ3n) is 1.81. The molecule has 0 atom stereocenters. The number of aromatic nitrogens is 1. The highest BCUT2D eigenvalue weighted by molar-refractivity contribution is 6.36. The molecule has 64 valence electrons. The number of rotatable bonds is 0. The molecule has 0 saturated carbocycles. The first kappa shape index (κ1) is 7.90. The number of benzene rings is 1. The molecule has 0 fully saturated rings. The second-order valence-electron chi connectivity index (χ2n) is 2.57. The number of halogens is 1. The maximum absolute atomic E-state index is 11.2. The Morgan fingerprint density at radius 3 is 2.92 bits per heavy atom. The van der Waals surface area contributed by atoms with Crippen molar-refractivity contribution in [3.8, 4) is 5.88 Å². The van der Waals surface area contributed by atoms with Gasteiger partial charge in [0.05, 0.1) is 16.4 Å². The van der Waals surface area contributed by atoms with Crippen LogP contribution in [0.1, 0.15) is 0 Å². The average Bonchev–Trinajstić information content (AvgIpc) is 2.42. The van der Waals surface area contributed by atoms with Crippen molar-refractivity contribution in [3.63, 3.8) is 0 Å². The summed E-state index contributed by atoms with van der Waals surface area (Å²) < 4.78 is 0. The Morgan fingerprint density at radius 2 is 2.23 bits per heavy atom. The molecular formula is C8H4ClN3O. The lowest BCUT2D eigenvalue weighted by Gasteiger charge is -1.89. The molecule has 0 unspecified atom stereocenters. The second kappa shape index (κ2) is 2.64. The summed E-state index contributed by atoms with van der Waals surface area (Å²) in [4.78, 5) is 5.42. The van der Waals surface area contributed by atoms with Crippen LogP contribution in [0.3, 0.4) is 0 Å². The molecule has 1 heterocycles. The van der Waals surface area contributed by atoms with E-state index >= 15 is 0 Å². The summed E-state index contributed by atoms with van der Waals surface area (Å²) >= 11 is 5.82. The summed E-state index contributed by atoms with van der Waals surface area (Å²) in [5, 5.41) is 20.6. The minimum Gasteiger partial charge on any atom is -0.855 e. The fraction of sp³-hybridized carbons (Fsp3) is 0. The molecule has 1 N–H and O–H groups in total. The minimum absolute atomic E-state index is 0.0411. The second-order valence-corrected chi connectivity index (χ2v) is 2.97. The summed E-state index contributed by atoms with van der Waals surface area (Å²) in [5.41, 5.74) is 0.533. The Hall–Kier alpha value is -1.73. The van der Waals surface area contributed by atoms with Crippen LogP contribution in [0.25, 0.3) is 15.9 Å². The molecule has 0 aliphatic carbocycles. The van der Waals surface area contributed by atoms with E-state index in [0.717, 1.165) is 0 Å². The molecule has 5 heteroatoms. The van der Waals surface area contributed by atoms with Crippen LogP contribution in [0.4, 0.5) is 5.69 Å². The molecule has 0 aliphatic rings. The zero-order valence-corrected chi connectivity index (χ0v) is 7.17. The lowest BCUT2D eigenvalue weighted by atomic mass is 10.2. The van der Waals surface area contributed by atoms with Crippen LogP contribution in [0.2, 0.25) is 5.02 Å². The maximum Gasteiger partial charge on any atom is 0.404 e. The Balaban J connectivity index is 2.99. The van der Waals surface area contributed by atoms with Gasteiger partial charge >= 0.3 is 5.69 Å². The summed E-state index contributed by atoms with van der Waals surface area (Å²) in [6, 6.07) is 5.03. The molecule has 1 aromatic carbocycles. The minimum atomic E-state index is -0.439. The predicted molar refractivity (Wildman–Crippen MR) is 47.5 cm³/mol. The molecule has 2 rings (SSSR count). The van der Waals surface area contributed by atoms with E-state index in [1.165, 1.54) is 0 Å². The van der Waals surface area contributed by atoms with Crippen molar-refractivity contribution in [3.05, 3.63) is 28.2 Å². The first-order valence-electron chi connectivity index (χ1n) is 3.56. The molecule has 1 aromatic heterocycles. The van der Waals surface area contributed by atoms with Crippen LogP contribution in [-0.2, 0) is 0 Å². The van der Waals surface area contributed by atoms with E-state index in [1.54, 1.807) is 18.2 Å². The molecule has 2 aromatic rings. The van der Waals surface area contributed by atoms with Crippen LogP contribution in [0, 0.1) is 5.39 Å². The van der Waals surface area contributed by atoms with Crippen molar-refractivity contribution in [2.75, 3.05) is 0 Å². The summed E-state index contributed by atoms with van der Waals surface area (Å²) in [6.07, 6.45) is 0. The van der Waals surface area contributed by atoms with Gasteiger partial charge in [0.1, 0.15) is 5.39 Å². The number of hydrogen-bond acceptors (Lipinski definition) is 2. The SMILES string of the molecule is N#[N+]c1c([O-])[nH]c2cccc(Cl)c12. The normalized spacial score (nSPS) is 10.2. The van der Waals surface area contributed by atoms with Crippen molar-refractivity contribution in [2.24, 2.45) is 0 Å². The van der Waals surface area contributed by atoms with E-state index in [-0.39, 0.29) is 5.69 Å². The zero-order valence-electron chi connectivity index (χ0n) is 6.41. The molecule has 13 heavy (non-hydrogen) atoms. The number of H-pyrrole nitrogens is 1. The molecule has 4 nitrogen and oxygen atoms in total. The van der Waals surface area contributed by atoms with E-state index in [0.29, 0.717) is 15.9 Å². The molecule has 0 saturated heterocycles. The van der Waals surface area contributed by atoms with Crippen LogP contribution < -0.4 is 5.11 Å². The fourth-order valence-electron chi connectivity index (χ4n) is 1.26. The van der Waals surface area contributed by atoms with Crippen LogP contribution in [0.5, 0.6) is 5.88 Å². The first-order chi connectivity index (χ1) is 6.24. The molecular weight excluding hydrogens is 190 g/mol. The van der Waals surface area contributed by atoms with Gasteiger partial charge in [-0.15, -0.1) is 0 Å². The summed E-state index contributed by atoms with van der Waals surface area (Å²) in [6.45, 7) is 0. The van der Waals surface area contributed by atoms with E-state index < -0.39 is 5.88 Å². The zero-order chi connectivity index (χ0) is 9.42. The van der Waals surface area contributed by atoms with Crippen molar-refractivity contribution in [1.29, 1.82) is 5.39 Å². The van der Waals surface area contributed by atoms with Gasteiger partial charge in [0.25, 0.3) is 0 Å². The molecule has 0 radical (unpaired) electrons. The average molecular weight is 194 g/mol. The van der Waals surface area contributed by atoms with Gasteiger partial charge in [-0.1, -0.05) is 17.7 Å². The van der Waals surface area contributed by atoms with Gasteiger partial charge < -0.3 is 10.1 Å². The largest absolute Gasteiger partial charge is 0.855 e. The lowest BCUT2D eigenvalue weighted by Crippen LogP contribution is -1.87. The topological polar surface area (TPSA) is 67.0 Å². The summed E-state index contributed by atoms with van der Waals surface area (Å²) in [5.74, 6) is -0.439. The van der Waals surface area contributed by atoms with Crippen LogP contribution in [0.15, 0.2) is 18.2 Å². The summed E-state index contributed by atoms with van der Waals surface area (Å²) in [7, 11) is 0. The molecule has 0 spiro atoms. The monoisotopic (exact) mass is 193 g/mol. The van der Waals surface area contributed by atoms with Crippen LogP contribution >= 0.6 is 11.6 Å². The number of diazo groups is 1. The van der Waals surface area contributed by atoms with Gasteiger partial charge in [-0.05, 0) is 12.1 Å². The fourth-order valence-corrected chi connectivity index (χ4v) is 1.52. The Morgan fingerprint density at radius 1 is 1.46 bits per heavy atom. The van der Waals surface area contributed by atoms with E-state index in [2.05, 4.69) is 9.96 Å². The number of fused-ring (bicyclic) bond motifs is 1. The van der Waals surface area contributed by atoms with Crippen molar-refractivity contribution < 1.29 is 5.11 Å². The Bertz CT molecular complexity index is 512. The highest BCUT2D eigenvalue weighted by atomic mass is 35.5. The number of nitrogens with one attached hydrogen (secondary N) is 1. The van der Waals surface area contributed by atoms with Gasteiger partial charge in [-0.3, -0.25) is 0 Å². The highest BCUT2D eigenvalue weighted by Crippen LogP contribution is 2.37. The van der Waals surface area contributed by atoms with E-state index in [4.69, 9.17) is 17.0 Å². The quantitative estimate of drug-likeness (QED) is 0.653. The Labute approximate surface area is 78.4 Å². The van der Waals surface area contributed by atoms with E-state index in [9.17, 15) is 5.11 Å². The number of aromatic amines is 1. The molecule has 0 amide bonds. The van der Waals surface area contributed by atoms with Crippen molar-refractivity contribution in [1.82, 2.24) is 4.98 Å². The van der Waals surface area contributed by atoms with E-state index in [1.807, 2.05) is 0 Å². The third-order valence-corrected chi connectivity index (χ3v) is 2.13. The molecule has 0 bridgehead atoms. The predicted octanol–water partition coefficient (Wildman–Crippen LogP) is 2.38.